The molecule has 0 spiro atoms. The summed E-state index contributed by atoms with van der Waals surface area (Å²) in [4.78, 5) is 0. The molecule has 1 fully saturated rings. The Morgan fingerprint density at radius 3 is 1.92 bits per heavy atom. The van der Waals surface area contributed by atoms with Crippen molar-refractivity contribution in [2.75, 3.05) is 13.2 Å². The molecule has 3 heteroatoms. The third-order valence-electron chi connectivity index (χ3n) is 2.36. The van der Waals surface area contributed by atoms with Crippen LogP contribution >= 0.6 is 0 Å². The highest BCUT2D eigenvalue weighted by molar-refractivity contribution is 4.81. The van der Waals surface area contributed by atoms with E-state index < -0.39 is 5.60 Å². The van der Waals surface area contributed by atoms with Gasteiger partial charge < -0.3 is 15.3 Å². The lowest BCUT2D eigenvalue weighted by atomic mass is 9.83. The standard InChI is InChI=1S/C8H16O2.C2H6O/c9-7-6-8(10)4-2-1-3-5-8;1-2-3/h9-10H,1-7H2;3H,2H2,1H3. The van der Waals surface area contributed by atoms with Gasteiger partial charge in [-0.3, -0.25) is 0 Å². The Labute approximate surface area is 80.4 Å². The topological polar surface area (TPSA) is 60.7 Å². The van der Waals surface area contributed by atoms with Crippen LogP contribution in [0.2, 0.25) is 0 Å². The van der Waals surface area contributed by atoms with E-state index in [0.717, 1.165) is 25.7 Å². The highest BCUT2D eigenvalue weighted by atomic mass is 16.3. The van der Waals surface area contributed by atoms with Gasteiger partial charge in [0.15, 0.2) is 0 Å². The Kier molecular flexibility index (Phi) is 7.23. The summed E-state index contributed by atoms with van der Waals surface area (Å²) in [6, 6.07) is 0. The molecule has 0 aliphatic heterocycles. The first kappa shape index (κ1) is 12.9. The van der Waals surface area contributed by atoms with E-state index in [0.29, 0.717) is 6.42 Å². The summed E-state index contributed by atoms with van der Waals surface area (Å²) >= 11 is 0. The lowest BCUT2D eigenvalue weighted by Crippen LogP contribution is -2.32. The van der Waals surface area contributed by atoms with Gasteiger partial charge in [0.2, 0.25) is 0 Å². The Balaban J connectivity index is 0.000000424. The molecule has 0 saturated heterocycles. The molecule has 0 amide bonds. The van der Waals surface area contributed by atoms with E-state index in [1.807, 2.05) is 0 Å². The van der Waals surface area contributed by atoms with Gasteiger partial charge in [-0.1, -0.05) is 19.3 Å². The second-order valence-electron chi connectivity index (χ2n) is 3.57. The number of aliphatic hydroxyl groups excluding tert-OH is 2. The third kappa shape index (κ3) is 6.02. The maximum Gasteiger partial charge on any atom is 0.0669 e. The van der Waals surface area contributed by atoms with Gasteiger partial charge in [-0.15, -0.1) is 0 Å². The van der Waals surface area contributed by atoms with Gasteiger partial charge in [0.25, 0.3) is 0 Å². The average molecular weight is 190 g/mol. The molecule has 0 aromatic rings. The fraction of sp³-hybridized carbons (Fsp3) is 1.00. The zero-order chi connectivity index (χ0) is 10.2. The molecule has 0 radical (unpaired) electrons. The van der Waals surface area contributed by atoms with Crippen LogP contribution in [0.3, 0.4) is 0 Å². The van der Waals surface area contributed by atoms with Crippen LogP contribution in [0.1, 0.15) is 45.4 Å². The maximum atomic E-state index is 9.71. The molecule has 3 nitrogen and oxygen atoms in total. The van der Waals surface area contributed by atoms with Crippen molar-refractivity contribution in [2.45, 2.75) is 51.0 Å². The largest absolute Gasteiger partial charge is 0.397 e. The molecule has 0 atom stereocenters. The van der Waals surface area contributed by atoms with Gasteiger partial charge in [0, 0.05) is 13.2 Å². The molecule has 1 rings (SSSR count). The van der Waals surface area contributed by atoms with E-state index in [2.05, 4.69) is 0 Å². The maximum absolute atomic E-state index is 9.71. The van der Waals surface area contributed by atoms with E-state index in [1.54, 1.807) is 6.92 Å². The third-order valence-corrected chi connectivity index (χ3v) is 2.36. The first-order valence-corrected chi connectivity index (χ1v) is 5.12. The number of hydrogen-bond donors (Lipinski definition) is 3. The normalized spacial score (nSPS) is 20.3. The fourth-order valence-corrected chi connectivity index (χ4v) is 1.67. The van der Waals surface area contributed by atoms with Crippen molar-refractivity contribution in [3.63, 3.8) is 0 Å². The zero-order valence-corrected chi connectivity index (χ0v) is 8.50. The van der Waals surface area contributed by atoms with Gasteiger partial charge in [0.05, 0.1) is 5.60 Å². The van der Waals surface area contributed by atoms with Crippen LogP contribution in [-0.4, -0.2) is 34.1 Å². The summed E-state index contributed by atoms with van der Waals surface area (Å²) in [6.45, 7) is 2.05. The molecule has 80 valence electrons. The van der Waals surface area contributed by atoms with Gasteiger partial charge in [-0.05, 0) is 26.2 Å². The van der Waals surface area contributed by atoms with Crippen LogP contribution in [0.25, 0.3) is 0 Å². The van der Waals surface area contributed by atoms with Crippen molar-refractivity contribution in [2.24, 2.45) is 0 Å². The first-order valence-electron chi connectivity index (χ1n) is 5.12. The summed E-state index contributed by atoms with van der Waals surface area (Å²) in [5.74, 6) is 0. The lowest BCUT2D eigenvalue weighted by molar-refractivity contribution is -0.0160. The van der Waals surface area contributed by atoms with Crippen LogP contribution < -0.4 is 0 Å². The van der Waals surface area contributed by atoms with E-state index in [4.69, 9.17) is 10.2 Å². The Bertz CT molecular complexity index is 103. The lowest BCUT2D eigenvalue weighted by Gasteiger charge is -2.31. The summed E-state index contributed by atoms with van der Waals surface area (Å²) in [7, 11) is 0. The quantitative estimate of drug-likeness (QED) is 0.610. The van der Waals surface area contributed by atoms with E-state index in [-0.39, 0.29) is 13.2 Å². The molecule has 1 saturated carbocycles. The number of hydrogen-bond acceptors (Lipinski definition) is 3. The van der Waals surface area contributed by atoms with Crippen molar-refractivity contribution in [3.8, 4) is 0 Å². The Hall–Kier alpha value is -0.120. The molecule has 0 unspecified atom stereocenters. The minimum atomic E-state index is -0.521. The molecule has 0 bridgehead atoms. The predicted octanol–water partition coefficient (Wildman–Crippen LogP) is 1.06. The monoisotopic (exact) mass is 190 g/mol. The molecule has 3 N–H and O–H groups in total. The summed E-state index contributed by atoms with van der Waals surface area (Å²) in [5.41, 5.74) is -0.521. The molecule has 0 aromatic carbocycles. The van der Waals surface area contributed by atoms with Crippen molar-refractivity contribution in [1.29, 1.82) is 0 Å². The van der Waals surface area contributed by atoms with Crippen LogP contribution in [0.15, 0.2) is 0 Å². The number of aliphatic hydroxyl groups is 3. The SMILES string of the molecule is CCO.OCCC1(O)CCCCC1. The number of rotatable bonds is 2. The second kappa shape index (κ2) is 7.30. The van der Waals surface area contributed by atoms with Crippen molar-refractivity contribution in [1.82, 2.24) is 0 Å². The Morgan fingerprint density at radius 2 is 1.54 bits per heavy atom. The molecule has 1 aliphatic rings. The minimum absolute atomic E-state index is 0.122. The zero-order valence-electron chi connectivity index (χ0n) is 8.50. The van der Waals surface area contributed by atoms with Gasteiger partial charge in [0.1, 0.15) is 0 Å². The fourth-order valence-electron chi connectivity index (χ4n) is 1.67. The summed E-state index contributed by atoms with van der Waals surface area (Å²) < 4.78 is 0. The average Bonchev–Trinajstić information content (AvgIpc) is 2.06. The Morgan fingerprint density at radius 1 is 1.08 bits per heavy atom. The van der Waals surface area contributed by atoms with E-state index in [1.165, 1.54) is 6.42 Å². The molecule has 0 aromatic heterocycles. The van der Waals surface area contributed by atoms with Crippen molar-refractivity contribution >= 4 is 0 Å². The predicted molar refractivity (Wildman–Crippen MR) is 52.5 cm³/mol. The van der Waals surface area contributed by atoms with Gasteiger partial charge in [-0.25, -0.2) is 0 Å². The molecule has 0 heterocycles. The summed E-state index contributed by atoms with van der Waals surface area (Å²) in [5, 5.41) is 25.9. The minimum Gasteiger partial charge on any atom is -0.397 e. The van der Waals surface area contributed by atoms with Crippen LogP contribution in [0, 0.1) is 0 Å². The molecule has 1 aliphatic carbocycles. The first-order chi connectivity index (χ1) is 6.18. The van der Waals surface area contributed by atoms with E-state index >= 15 is 0 Å². The van der Waals surface area contributed by atoms with Gasteiger partial charge >= 0.3 is 0 Å². The van der Waals surface area contributed by atoms with E-state index in [9.17, 15) is 5.11 Å². The molecular weight excluding hydrogens is 168 g/mol. The van der Waals surface area contributed by atoms with Crippen molar-refractivity contribution < 1.29 is 15.3 Å². The van der Waals surface area contributed by atoms with Crippen LogP contribution in [0.4, 0.5) is 0 Å². The molecule has 13 heavy (non-hydrogen) atoms. The van der Waals surface area contributed by atoms with Crippen LogP contribution in [-0.2, 0) is 0 Å². The van der Waals surface area contributed by atoms with Crippen molar-refractivity contribution in [3.05, 3.63) is 0 Å². The van der Waals surface area contributed by atoms with Crippen LogP contribution in [0.5, 0.6) is 0 Å². The van der Waals surface area contributed by atoms with Gasteiger partial charge in [-0.2, -0.15) is 0 Å². The summed E-state index contributed by atoms with van der Waals surface area (Å²) in [6.07, 6.45) is 5.81. The highest BCUT2D eigenvalue weighted by Crippen LogP contribution is 2.30. The highest BCUT2D eigenvalue weighted by Gasteiger charge is 2.27. The smallest absolute Gasteiger partial charge is 0.0669 e. The second-order valence-corrected chi connectivity index (χ2v) is 3.57. The molecular formula is C10H22O3.